The Morgan fingerprint density at radius 1 is 1.10 bits per heavy atom. The molecule has 1 aromatic heterocycles. The summed E-state index contributed by atoms with van der Waals surface area (Å²) in [6.07, 6.45) is 7.88. The summed E-state index contributed by atoms with van der Waals surface area (Å²) >= 11 is 0. The van der Waals surface area contributed by atoms with E-state index in [-0.39, 0.29) is 5.79 Å². The molecule has 0 unspecified atom stereocenters. The third-order valence-electron chi connectivity index (χ3n) is 5.37. The molecule has 2 aliphatic carbocycles. The van der Waals surface area contributed by atoms with Crippen LogP contribution in [0.5, 0.6) is 0 Å². The number of aromatic amines is 1. The van der Waals surface area contributed by atoms with Gasteiger partial charge in [0, 0.05) is 35.5 Å². The first-order chi connectivity index (χ1) is 10.3. The molecule has 3 nitrogen and oxygen atoms in total. The molecule has 1 saturated heterocycles. The molecule has 3 aliphatic rings. The summed E-state index contributed by atoms with van der Waals surface area (Å²) in [7, 11) is 0. The lowest BCUT2D eigenvalue weighted by molar-refractivity contribution is -0.153. The van der Waals surface area contributed by atoms with E-state index in [1.54, 1.807) is 0 Å². The standard InChI is InChI=1S/C18H19NO2/c1-2-4-17-15(3-1)16(11-19-17)12-7-13-9-18(10-14(13)8-12)20-5-6-21-18/h1-4,7,11,13-14,19H,5-6,8-10H2/t13-,14+/m1/s1. The third-order valence-corrected chi connectivity index (χ3v) is 5.37. The molecule has 2 fully saturated rings. The number of nitrogens with one attached hydrogen (secondary N) is 1. The number of H-pyrrole nitrogens is 1. The molecule has 2 heterocycles. The normalized spacial score (nSPS) is 30.2. The van der Waals surface area contributed by atoms with Gasteiger partial charge in [0.25, 0.3) is 0 Å². The van der Waals surface area contributed by atoms with Crippen LogP contribution >= 0.6 is 0 Å². The van der Waals surface area contributed by atoms with Gasteiger partial charge in [-0.2, -0.15) is 0 Å². The second-order valence-electron chi connectivity index (χ2n) is 6.58. The number of benzene rings is 1. The zero-order chi connectivity index (χ0) is 13.9. The van der Waals surface area contributed by atoms with Gasteiger partial charge in [0.1, 0.15) is 0 Å². The van der Waals surface area contributed by atoms with Gasteiger partial charge in [-0.3, -0.25) is 0 Å². The molecule has 0 bridgehead atoms. The summed E-state index contributed by atoms with van der Waals surface area (Å²) in [5.74, 6) is 1.05. The van der Waals surface area contributed by atoms with Gasteiger partial charge < -0.3 is 14.5 Å². The molecule has 1 spiro atoms. The van der Waals surface area contributed by atoms with E-state index in [0.29, 0.717) is 11.8 Å². The number of hydrogen-bond acceptors (Lipinski definition) is 2. The molecular formula is C18H19NO2. The van der Waals surface area contributed by atoms with E-state index in [1.807, 2.05) is 0 Å². The van der Waals surface area contributed by atoms with Gasteiger partial charge in [0.15, 0.2) is 5.79 Å². The number of rotatable bonds is 1. The molecule has 0 radical (unpaired) electrons. The van der Waals surface area contributed by atoms with E-state index < -0.39 is 0 Å². The second-order valence-corrected chi connectivity index (χ2v) is 6.58. The molecule has 21 heavy (non-hydrogen) atoms. The Balaban J connectivity index is 1.48. The van der Waals surface area contributed by atoms with E-state index in [9.17, 15) is 0 Å². The lowest BCUT2D eigenvalue weighted by atomic mass is 9.97. The monoisotopic (exact) mass is 281 g/mol. The van der Waals surface area contributed by atoms with Crippen LogP contribution in [-0.2, 0) is 9.47 Å². The summed E-state index contributed by atoms with van der Waals surface area (Å²) in [5, 5.41) is 1.34. The molecular weight excluding hydrogens is 262 g/mol. The van der Waals surface area contributed by atoms with Gasteiger partial charge in [-0.05, 0) is 29.9 Å². The fourth-order valence-electron chi connectivity index (χ4n) is 4.46. The Hall–Kier alpha value is -1.58. The molecule has 3 heteroatoms. The molecule has 1 aromatic carbocycles. The van der Waals surface area contributed by atoms with E-state index in [4.69, 9.17) is 9.47 Å². The topological polar surface area (TPSA) is 34.2 Å². The number of ether oxygens (including phenoxy) is 2. The summed E-state index contributed by atoms with van der Waals surface area (Å²) in [4.78, 5) is 3.39. The van der Waals surface area contributed by atoms with Gasteiger partial charge in [0.05, 0.1) is 13.2 Å². The fraction of sp³-hybridized carbons (Fsp3) is 0.444. The van der Waals surface area contributed by atoms with Crippen molar-refractivity contribution in [1.82, 2.24) is 4.98 Å². The average molecular weight is 281 g/mol. The van der Waals surface area contributed by atoms with E-state index in [1.165, 1.54) is 22.0 Å². The van der Waals surface area contributed by atoms with Crippen molar-refractivity contribution in [1.29, 1.82) is 0 Å². The lowest BCUT2D eigenvalue weighted by Crippen LogP contribution is -2.26. The van der Waals surface area contributed by atoms with Crippen molar-refractivity contribution >= 4 is 16.5 Å². The predicted molar refractivity (Wildman–Crippen MR) is 81.7 cm³/mol. The summed E-state index contributed by atoms with van der Waals surface area (Å²) in [5.41, 5.74) is 4.10. The largest absolute Gasteiger partial charge is 0.361 e. The zero-order valence-electron chi connectivity index (χ0n) is 12.0. The molecule has 5 rings (SSSR count). The van der Waals surface area contributed by atoms with Crippen LogP contribution in [-0.4, -0.2) is 24.0 Å². The quantitative estimate of drug-likeness (QED) is 0.864. The first kappa shape index (κ1) is 12.0. The van der Waals surface area contributed by atoms with Crippen LogP contribution in [0.15, 0.2) is 36.5 Å². The highest BCUT2D eigenvalue weighted by Crippen LogP contribution is 2.53. The van der Waals surface area contributed by atoms with Crippen molar-refractivity contribution in [2.75, 3.05) is 13.2 Å². The number of fused-ring (bicyclic) bond motifs is 2. The Bertz CT molecular complexity index is 724. The molecule has 1 saturated carbocycles. The van der Waals surface area contributed by atoms with Crippen molar-refractivity contribution in [3.8, 4) is 0 Å². The number of para-hydroxylation sites is 1. The van der Waals surface area contributed by atoms with Gasteiger partial charge in [0.2, 0.25) is 0 Å². The van der Waals surface area contributed by atoms with E-state index in [2.05, 4.69) is 41.5 Å². The Kier molecular flexibility index (Phi) is 2.41. The maximum absolute atomic E-state index is 5.88. The number of aromatic nitrogens is 1. The summed E-state index contributed by atoms with van der Waals surface area (Å²) in [6.45, 7) is 1.52. The van der Waals surface area contributed by atoms with Gasteiger partial charge in [-0.25, -0.2) is 0 Å². The van der Waals surface area contributed by atoms with Gasteiger partial charge in [-0.1, -0.05) is 24.3 Å². The SMILES string of the molecule is C1=C(c2c[nH]c3ccccc23)C[C@H]2CC3(C[C@@H]12)OCCO3. The zero-order valence-corrected chi connectivity index (χ0v) is 12.0. The number of allylic oxidation sites excluding steroid dienone is 2. The Morgan fingerprint density at radius 2 is 1.95 bits per heavy atom. The third kappa shape index (κ3) is 1.74. The highest BCUT2D eigenvalue weighted by Gasteiger charge is 2.50. The van der Waals surface area contributed by atoms with Crippen molar-refractivity contribution in [3.05, 3.63) is 42.1 Å². The minimum atomic E-state index is -0.252. The Labute approximate surface area is 123 Å². The van der Waals surface area contributed by atoms with Crippen molar-refractivity contribution in [2.45, 2.75) is 25.0 Å². The lowest BCUT2D eigenvalue weighted by Gasteiger charge is -2.22. The van der Waals surface area contributed by atoms with E-state index in [0.717, 1.165) is 32.5 Å². The Morgan fingerprint density at radius 3 is 2.81 bits per heavy atom. The molecule has 2 aromatic rings. The van der Waals surface area contributed by atoms with Crippen LogP contribution in [0.4, 0.5) is 0 Å². The highest BCUT2D eigenvalue weighted by molar-refractivity contribution is 5.93. The van der Waals surface area contributed by atoms with Crippen LogP contribution in [0.1, 0.15) is 24.8 Å². The van der Waals surface area contributed by atoms with Crippen LogP contribution in [0.25, 0.3) is 16.5 Å². The van der Waals surface area contributed by atoms with Crippen LogP contribution in [0, 0.1) is 11.8 Å². The average Bonchev–Trinajstić information content (AvgIpc) is 3.22. The minimum absolute atomic E-state index is 0.252. The second kappa shape index (κ2) is 4.21. The minimum Gasteiger partial charge on any atom is -0.361 e. The van der Waals surface area contributed by atoms with Crippen molar-refractivity contribution < 1.29 is 9.47 Å². The summed E-state index contributed by atoms with van der Waals surface area (Å²) < 4.78 is 11.8. The first-order valence-electron chi connectivity index (χ1n) is 7.88. The molecule has 1 N–H and O–H groups in total. The van der Waals surface area contributed by atoms with Crippen LogP contribution in [0.2, 0.25) is 0 Å². The fourth-order valence-corrected chi connectivity index (χ4v) is 4.46. The van der Waals surface area contributed by atoms with Gasteiger partial charge in [-0.15, -0.1) is 0 Å². The molecule has 2 atom stereocenters. The van der Waals surface area contributed by atoms with Crippen molar-refractivity contribution in [2.24, 2.45) is 11.8 Å². The van der Waals surface area contributed by atoms with Crippen LogP contribution in [0.3, 0.4) is 0 Å². The van der Waals surface area contributed by atoms with Gasteiger partial charge >= 0.3 is 0 Å². The summed E-state index contributed by atoms with van der Waals surface area (Å²) in [6, 6.07) is 8.55. The number of hydrogen-bond donors (Lipinski definition) is 1. The first-order valence-corrected chi connectivity index (χ1v) is 7.88. The molecule has 1 aliphatic heterocycles. The molecule has 108 valence electrons. The van der Waals surface area contributed by atoms with Crippen LogP contribution < -0.4 is 0 Å². The smallest absolute Gasteiger partial charge is 0.169 e. The maximum atomic E-state index is 5.88. The van der Waals surface area contributed by atoms with Crippen molar-refractivity contribution in [3.63, 3.8) is 0 Å². The predicted octanol–water partition coefficient (Wildman–Crippen LogP) is 3.72. The highest BCUT2D eigenvalue weighted by atomic mass is 16.7. The van der Waals surface area contributed by atoms with E-state index >= 15 is 0 Å². The molecule has 0 amide bonds. The maximum Gasteiger partial charge on any atom is 0.169 e.